The van der Waals surface area contributed by atoms with Crippen LogP contribution in [0.5, 0.6) is 0 Å². The molecule has 1 fully saturated rings. The van der Waals surface area contributed by atoms with Crippen molar-refractivity contribution in [1.29, 1.82) is 0 Å². The zero-order valence-corrected chi connectivity index (χ0v) is 11.0. The van der Waals surface area contributed by atoms with E-state index < -0.39 is 27.7 Å². The standard InChI is InChI=1S/C9H16N2O6S/c1-3-17-8(14)10-18(15,16)11-5-4-9(2,6-11)7(12)13/h3-6H2,1-2H3,(H,10,14)(H,12,13). The van der Waals surface area contributed by atoms with E-state index in [0.717, 1.165) is 4.31 Å². The number of amides is 1. The number of nitrogens with zero attached hydrogens (tertiary/aromatic N) is 1. The fourth-order valence-corrected chi connectivity index (χ4v) is 2.81. The summed E-state index contributed by atoms with van der Waals surface area (Å²) >= 11 is 0. The van der Waals surface area contributed by atoms with Crippen molar-refractivity contribution in [2.24, 2.45) is 5.41 Å². The lowest BCUT2D eigenvalue weighted by Crippen LogP contribution is -2.44. The van der Waals surface area contributed by atoms with Gasteiger partial charge in [-0.1, -0.05) is 0 Å². The number of hydrogen-bond acceptors (Lipinski definition) is 5. The molecule has 1 heterocycles. The Morgan fingerprint density at radius 1 is 1.50 bits per heavy atom. The van der Waals surface area contributed by atoms with Gasteiger partial charge in [-0.05, 0) is 20.3 Å². The molecule has 9 heteroatoms. The van der Waals surface area contributed by atoms with Crippen LogP contribution < -0.4 is 4.72 Å². The SMILES string of the molecule is CCOC(=O)NS(=O)(=O)N1CCC(C)(C(=O)O)C1. The lowest BCUT2D eigenvalue weighted by atomic mass is 9.90. The van der Waals surface area contributed by atoms with Gasteiger partial charge in [0.05, 0.1) is 12.0 Å². The minimum absolute atomic E-state index is 0.0498. The van der Waals surface area contributed by atoms with Gasteiger partial charge in [-0.15, -0.1) is 0 Å². The number of rotatable bonds is 4. The number of carbonyl (C=O) groups is 2. The Bertz CT molecular complexity index is 448. The van der Waals surface area contributed by atoms with Crippen molar-refractivity contribution in [3.63, 3.8) is 0 Å². The van der Waals surface area contributed by atoms with E-state index >= 15 is 0 Å². The average molecular weight is 280 g/mol. The van der Waals surface area contributed by atoms with Gasteiger partial charge in [0.1, 0.15) is 0 Å². The fourth-order valence-electron chi connectivity index (χ4n) is 1.63. The number of carbonyl (C=O) groups excluding carboxylic acids is 1. The van der Waals surface area contributed by atoms with Crippen LogP contribution in [0.25, 0.3) is 0 Å². The van der Waals surface area contributed by atoms with Crippen molar-refractivity contribution < 1.29 is 27.9 Å². The largest absolute Gasteiger partial charge is 0.481 e. The third-order valence-electron chi connectivity index (χ3n) is 2.78. The third-order valence-corrected chi connectivity index (χ3v) is 4.20. The summed E-state index contributed by atoms with van der Waals surface area (Å²) < 4.78 is 30.6. The highest BCUT2D eigenvalue weighted by Crippen LogP contribution is 2.31. The lowest BCUT2D eigenvalue weighted by Gasteiger charge is -2.19. The summed E-state index contributed by atoms with van der Waals surface area (Å²) in [6.07, 6.45) is -0.868. The number of carboxylic acid groups (broad SMARTS) is 1. The summed E-state index contributed by atoms with van der Waals surface area (Å²) in [5, 5.41) is 8.99. The fraction of sp³-hybridized carbons (Fsp3) is 0.778. The van der Waals surface area contributed by atoms with Gasteiger partial charge in [0.15, 0.2) is 0 Å². The molecular weight excluding hydrogens is 264 g/mol. The zero-order chi connectivity index (χ0) is 14.0. The number of aliphatic carboxylic acids is 1. The van der Waals surface area contributed by atoms with Crippen molar-refractivity contribution in [3.05, 3.63) is 0 Å². The van der Waals surface area contributed by atoms with Crippen LogP contribution in [0, 0.1) is 5.41 Å². The Kier molecular flexibility index (Phi) is 4.17. The quantitative estimate of drug-likeness (QED) is 0.735. The van der Waals surface area contributed by atoms with Crippen LogP contribution in [0.3, 0.4) is 0 Å². The van der Waals surface area contributed by atoms with Crippen molar-refractivity contribution in [2.45, 2.75) is 20.3 Å². The highest BCUT2D eigenvalue weighted by molar-refractivity contribution is 7.87. The Morgan fingerprint density at radius 3 is 2.56 bits per heavy atom. The molecule has 0 spiro atoms. The maximum absolute atomic E-state index is 11.7. The molecule has 18 heavy (non-hydrogen) atoms. The molecule has 1 aliphatic heterocycles. The predicted molar refractivity (Wildman–Crippen MR) is 61.0 cm³/mol. The molecule has 104 valence electrons. The predicted octanol–water partition coefficient (Wildman–Crippen LogP) is -0.226. The molecule has 1 rings (SSSR count). The molecule has 8 nitrogen and oxygen atoms in total. The van der Waals surface area contributed by atoms with E-state index in [9.17, 15) is 18.0 Å². The van der Waals surface area contributed by atoms with Gasteiger partial charge in [-0.2, -0.15) is 12.7 Å². The first kappa shape index (κ1) is 14.7. The van der Waals surface area contributed by atoms with Crippen LogP contribution in [0.4, 0.5) is 4.79 Å². The number of ether oxygens (including phenoxy) is 1. The van der Waals surface area contributed by atoms with E-state index in [1.165, 1.54) is 6.92 Å². The number of carboxylic acids is 1. The second-order valence-electron chi connectivity index (χ2n) is 4.28. The van der Waals surface area contributed by atoms with E-state index in [4.69, 9.17) is 5.11 Å². The lowest BCUT2D eigenvalue weighted by molar-refractivity contribution is -0.146. The van der Waals surface area contributed by atoms with Gasteiger partial charge in [-0.25, -0.2) is 9.52 Å². The summed E-state index contributed by atoms with van der Waals surface area (Å²) in [5.74, 6) is -1.06. The van der Waals surface area contributed by atoms with E-state index in [0.29, 0.717) is 0 Å². The third kappa shape index (κ3) is 3.10. The molecular formula is C9H16N2O6S. The Labute approximate surface area is 105 Å². The second kappa shape index (κ2) is 5.11. The van der Waals surface area contributed by atoms with Crippen LogP contribution in [0.1, 0.15) is 20.3 Å². The van der Waals surface area contributed by atoms with Crippen molar-refractivity contribution in [2.75, 3.05) is 19.7 Å². The highest BCUT2D eigenvalue weighted by atomic mass is 32.2. The summed E-state index contributed by atoms with van der Waals surface area (Å²) in [6.45, 7) is 2.95. The summed E-state index contributed by atoms with van der Waals surface area (Å²) in [5.41, 5.74) is -1.12. The van der Waals surface area contributed by atoms with Gasteiger partial charge >= 0.3 is 22.3 Å². The first-order valence-electron chi connectivity index (χ1n) is 5.39. The molecule has 0 aliphatic carbocycles. The highest BCUT2D eigenvalue weighted by Gasteiger charge is 2.45. The van der Waals surface area contributed by atoms with E-state index in [1.54, 1.807) is 11.6 Å². The van der Waals surface area contributed by atoms with Crippen LogP contribution in [0.2, 0.25) is 0 Å². The van der Waals surface area contributed by atoms with Crippen LogP contribution in [-0.2, 0) is 19.7 Å². The van der Waals surface area contributed by atoms with Gasteiger partial charge in [-0.3, -0.25) is 4.79 Å². The maximum Gasteiger partial charge on any atom is 0.421 e. The van der Waals surface area contributed by atoms with Gasteiger partial charge < -0.3 is 9.84 Å². The van der Waals surface area contributed by atoms with Crippen molar-refractivity contribution >= 4 is 22.3 Å². The molecule has 0 aromatic carbocycles. The molecule has 0 bridgehead atoms. The molecule has 0 aromatic heterocycles. The molecule has 0 aromatic rings. The summed E-state index contributed by atoms with van der Waals surface area (Å²) in [7, 11) is -4.04. The summed E-state index contributed by atoms with van der Waals surface area (Å²) in [4.78, 5) is 22.0. The first-order valence-corrected chi connectivity index (χ1v) is 6.83. The molecule has 1 amide bonds. The molecule has 1 aliphatic rings. The molecule has 1 unspecified atom stereocenters. The number of nitrogens with one attached hydrogen (secondary N) is 1. The average Bonchev–Trinajstić information content (AvgIpc) is 2.62. The molecule has 1 saturated heterocycles. The van der Waals surface area contributed by atoms with Crippen molar-refractivity contribution in [3.8, 4) is 0 Å². The van der Waals surface area contributed by atoms with Gasteiger partial charge in [0.2, 0.25) is 0 Å². The van der Waals surface area contributed by atoms with Crippen LogP contribution >= 0.6 is 0 Å². The zero-order valence-electron chi connectivity index (χ0n) is 10.2. The maximum atomic E-state index is 11.7. The summed E-state index contributed by atoms with van der Waals surface area (Å²) in [6, 6.07) is 0. The van der Waals surface area contributed by atoms with Gasteiger partial charge in [0.25, 0.3) is 0 Å². The Balaban J connectivity index is 2.72. The second-order valence-corrected chi connectivity index (χ2v) is 5.95. The van der Waals surface area contributed by atoms with Crippen LogP contribution in [-0.4, -0.2) is 49.6 Å². The first-order chi connectivity index (χ1) is 8.21. The molecule has 0 saturated carbocycles. The van der Waals surface area contributed by atoms with Crippen molar-refractivity contribution in [1.82, 2.24) is 9.03 Å². The van der Waals surface area contributed by atoms with Gasteiger partial charge in [0, 0.05) is 13.1 Å². The monoisotopic (exact) mass is 280 g/mol. The molecule has 2 N–H and O–H groups in total. The van der Waals surface area contributed by atoms with Crippen LogP contribution in [0.15, 0.2) is 0 Å². The topological polar surface area (TPSA) is 113 Å². The van der Waals surface area contributed by atoms with E-state index in [2.05, 4.69) is 4.74 Å². The minimum Gasteiger partial charge on any atom is -0.481 e. The Hall–Kier alpha value is -1.35. The Morgan fingerprint density at radius 2 is 2.11 bits per heavy atom. The molecule has 1 atom stereocenters. The normalized spacial score (nSPS) is 24.8. The molecule has 0 radical (unpaired) electrons. The van der Waals surface area contributed by atoms with E-state index in [-0.39, 0.29) is 26.1 Å². The number of hydrogen-bond donors (Lipinski definition) is 2. The smallest absolute Gasteiger partial charge is 0.421 e. The minimum atomic E-state index is -4.04. The van der Waals surface area contributed by atoms with E-state index in [1.807, 2.05) is 0 Å².